The molecule has 2 fully saturated rings. The van der Waals surface area contributed by atoms with Crippen molar-refractivity contribution in [1.29, 1.82) is 0 Å². The zero-order valence-electron chi connectivity index (χ0n) is 15.0. The number of aliphatic hydroxyl groups is 1. The molecule has 2 saturated heterocycles. The number of nitrogens with one attached hydrogen (secondary N) is 3. The average molecular weight is 372 g/mol. The number of carbonyl (C=O) groups is 3. The van der Waals surface area contributed by atoms with E-state index in [1.165, 1.54) is 0 Å². The lowest BCUT2D eigenvalue weighted by Crippen LogP contribution is -2.52. The van der Waals surface area contributed by atoms with Crippen LogP contribution in [0, 0.1) is 5.92 Å². The predicted molar refractivity (Wildman–Crippen MR) is 96.6 cm³/mol. The summed E-state index contributed by atoms with van der Waals surface area (Å²) in [4.78, 5) is 38.2. The summed E-state index contributed by atoms with van der Waals surface area (Å²) in [5, 5.41) is 18.5. The van der Waals surface area contributed by atoms with Crippen LogP contribution in [0.2, 0.25) is 0 Å². The Balaban J connectivity index is 1.50. The lowest BCUT2D eigenvalue weighted by atomic mass is 10.0. The van der Waals surface area contributed by atoms with Crippen molar-refractivity contribution >= 4 is 17.7 Å². The molecule has 3 aliphatic rings. The van der Waals surface area contributed by atoms with Gasteiger partial charge in [-0.25, -0.2) is 0 Å². The van der Waals surface area contributed by atoms with Crippen LogP contribution in [0.4, 0.5) is 0 Å². The fourth-order valence-corrected chi connectivity index (χ4v) is 4.24. The molecule has 0 spiro atoms. The number of nitrogens with zero attached hydrogens (tertiary/aromatic N) is 1. The van der Waals surface area contributed by atoms with Gasteiger partial charge in [0.25, 0.3) is 5.91 Å². The first kappa shape index (κ1) is 18.1. The highest BCUT2D eigenvalue weighted by molar-refractivity contribution is 6.05. The summed E-state index contributed by atoms with van der Waals surface area (Å²) >= 11 is 0. The average Bonchev–Trinajstić information content (AvgIpc) is 3.24. The van der Waals surface area contributed by atoms with Crippen molar-refractivity contribution in [2.45, 2.75) is 38.0 Å². The van der Waals surface area contributed by atoms with Crippen molar-refractivity contribution in [2.75, 3.05) is 19.7 Å². The summed E-state index contributed by atoms with van der Waals surface area (Å²) < 4.78 is 0. The van der Waals surface area contributed by atoms with Gasteiger partial charge in [-0.2, -0.15) is 0 Å². The smallest absolute Gasteiger partial charge is 0.255 e. The summed E-state index contributed by atoms with van der Waals surface area (Å²) in [7, 11) is 0. The Bertz CT molecular complexity index is 781. The number of amides is 3. The van der Waals surface area contributed by atoms with Gasteiger partial charge in [0.15, 0.2) is 0 Å². The number of rotatable bonds is 5. The highest BCUT2D eigenvalue weighted by atomic mass is 16.3. The molecule has 3 unspecified atom stereocenters. The van der Waals surface area contributed by atoms with Crippen LogP contribution in [0.3, 0.4) is 0 Å². The molecule has 8 nitrogen and oxygen atoms in total. The fraction of sp³-hybridized carbons (Fsp3) is 0.526. The maximum absolute atomic E-state index is 13.0. The van der Waals surface area contributed by atoms with E-state index in [9.17, 15) is 19.5 Å². The Morgan fingerprint density at radius 2 is 2.07 bits per heavy atom. The van der Waals surface area contributed by atoms with Crippen LogP contribution in [0.15, 0.2) is 18.2 Å². The van der Waals surface area contributed by atoms with Gasteiger partial charge in [0, 0.05) is 56.7 Å². The quantitative estimate of drug-likeness (QED) is 0.500. The molecule has 0 aromatic heterocycles. The van der Waals surface area contributed by atoms with Crippen molar-refractivity contribution in [3.05, 3.63) is 34.9 Å². The second kappa shape index (κ2) is 7.38. The van der Waals surface area contributed by atoms with E-state index in [4.69, 9.17) is 0 Å². The summed E-state index contributed by atoms with van der Waals surface area (Å²) in [6.07, 6.45) is 0.617. The predicted octanol–water partition coefficient (Wildman–Crippen LogP) is -0.882. The molecule has 27 heavy (non-hydrogen) atoms. The fourth-order valence-electron chi connectivity index (χ4n) is 4.24. The third-order valence-corrected chi connectivity index (χ3v) is 5.77. The Morgan fingerprint density at radius 1 is 1.22 bits per heavy atom. The number of imide groups is 1. The third kappa shape index (κ3) is 3.36. The first-order chi connectivity index (χ1) is 13.1. The normalized spacial score (nSPS) is 27.8. The minimum atomic E-state index is -0.596. The van der Waals surface area contributed by atoms with Crippen LogP contribution in [-0.2, 0) is 22.7 Å². The van der Waals surface area contributed by atoms with Gasteiger partial charge in [0.1, 0.15) is 6.04 Å². The molecule has 144 valence electrons. The lowest BCUT2D eigenvalue weighted by Gasteiger charge is -2.29. The van der Waals surface area contributed by atoms with Crippen LogP contribution >= 0.6 is 0 Å². The van der Waals surface area contributed by atoms with Gasteiger partial charge in [0.05, 0.1) is 0 Å². The maximum Gasteiger partial charge on any atom is 0.255 e. The highest BCUT2D eigenvalue weighted by Gasteiger charge is 2.40. The van der Waals surface area contributed by atoms with Gasteiger partial charge in [-0.05, 0) is 17.5 Å². The molecule has 0 aliphatic carbocycles. The molecule has 1 aromatic rings. The van der Waals surface area contributed by atoms with Gasteiger partial charge in [-0.15, -0.1) is 0 Å². The van der Waals surface area contributed by atoms with Crippen LogP contribution in [-0.4, -0.2) is 59.5 Å². The molecule has 0 saturated carbocycles. The molecule has 3 aliphatic heterocycles. The van der Waals surface area contributed by atoms with E-state index >= 15 is 0 Å². The summed E-state index contributed by atoms with van der Waals surface area (Å²) in [6, 6.07) is 5.33. The topological polar surface area (TPSA) is 111 Å². The van der Waals surface area contributed by atoms with E-state index in [1.54, 1.807) is 4.90 Å². The van der Waals surface area contributed by atoms with Gasteiger partial charge in [-0.3, -0.25) is 19.7 Å². The zero-order chi connectivity index (χ0) is 19.0. The molecule has 3 atom stereocenters. The van der Waals surface area contributed by atoms with Crippen molar-refractivity contribution in [3.63, 3.8) is 0 Å². The van der Waals surface area contributed by atoms with Crippen molar-refractivity contribution in [3.8, 4) is 0 Å². The molecule has 0 radical (unpaired) electrons. The highest BCUT2D eigenvalue weighted by Crippen LogP contribution is 2.30. The monoisotopic (exact) mass is 372 g/mol. The number of aliphatic hydroxyl groups excluding tert-OH is 1. The van der Waals surface area contributed by atoms with E-state index in [1.807, 2.05) is 18.2 Å². The number of piperidine rings is 1. The minimum absolute atomic E-state index is 0.125. The van der Waals surface area contributed by atoms with Crippen molar-refractivity contribution < 1.29 is 19.5 Å². The Labute approximate surface area is 157 Å². The van der Waals surface area contributed by atoms with E-state index in [-0.39, 0.29) is 36.8 Å². The summed E-state index contributed by atoms with van der Waals surface area (Å²) in [5.74, 6) is -0.665. The van der Waals surface area contributed by atoms with Crippen LogP contribution in [0.25, 0.3) is 0 Å². The van der Waals surface area contributed by atoms with Gasteiger partial charge in [-0.1, -0.05) is 18.2 Å². The van der Waals surface area contributed by atoms with E-state index in [0.717, 1.165) is 24.2 Å². The number of carbonyl (C=O) groups excluding carboxylic acids is 3. The lowest BCUT2D eigenvalue weighted by molar-refractivity contribution is -0.136. The molecule has 8 heteroatoms. The largest absolute Gasteiger partial charge is 0.396 e. The van der Waals surface area contributed by atoms with Crippen LogP contribution in [0.5, 0.6) is 0 Å². The van der Waals surface area contributed by atoms with Crippen LogP contribution < -0.4 is 16.0 Å². The molecule has 3 heterocycles. The standard InChI is InChI=1S/C19H24N4O4/c24-10-13-6-20-8-14(13)21-7-11-2-1-3-12-9-23(19(27)17(11)12)15-4-5-16(25)22-18(15)26/h1-3,13-15,20-21,24H,4-10H2,(H,22,25,26). The molecule has 4 N–H and O–H groups in total. The Hall–Kier alpha value is -2.29. The zero-order valence-corrected chi connectivity index (χ0v) is 15.0. The number of hydrogen-bond donors (Lipinski definition) is 4. The molecular formula is C19H24N4O4. The van der Waals surface area contributed by atoms with Gasteiger partial charge in [0.2, 0.25) is 11.8 Å². The van der Waals surface area contributed by atoms with Crippen LogP contribution in [0.1, 0.15) is 34.3 Å². The first-order valence-electron chi connectivity index (χ1n) is 9.39. The summed E-state index contributed by atoms with van der Waals surface area (Å²) in [5.41, 5.74) is 2.46. The molecule has 3 amide bonds. The van der Waals surface area contributed by atoms with Crippen molar-refractivity contribution in [2.24, 2.45) is 5.92 Å². The Morgan fingerprint density at radius 3 is 2.85 bits per heavy atom. The molecule has 1 aromatic carbocycles. The summed E-state index contributed by atoms with van der Waals surface area (Å²) in [6.45, 7) is 2.61. The SMILES string of the molecule is O=C1CCC(N2Cc3cccc(CNC4CNCC4CO)c3C2=O)C(=O)N1. The first-order valence-corrected chi connectivity index (χ1v) is 9.39. The van der Waals surface area contributed by atoms with Gasteiger partial charge < -0.3 is 20.6 Å². The van der Waals surface area contributed by atoms with E-state index in [0.29, 0.717) is 25.1 Å². The second-order valence-electron chi connectivity index (χ2n) is 7.44. The minimum Gasteiger partial charge on any atom is -0.396 e. The number of benzene rings is 1. The van der Waals surface area contributed by atoms with Gasteiger partial charge >= 0.3 is 0 Å². The number of fused-ring (bicyclic) bond motifs is 1. The molecule has 4 rings (SSSR count). The maximum atomic E-state index is 13.0. The Kier molecular flexibility index (Phi) is 4.94. The second-order valence-corrected chi connectivity index (χ2v) is 7.44. The molecule has 0 bridgehead atoms. The van der Waals surface area contributed by atoms with Crippen molar-refractivity contribution in [1.82, 2.24) is 20.9 Å². The van der Waals surface area contributed by atoms with E-state index in [2.05, 4.69) is 16.0 Å². The molecular weight excluding hydrogens is 348 g/mol. The third-order valence-electron chi connectivity index (χ3n) is 5.77. The van der Waals surface area contributed by atoms with E-state index < -0.39 is 11.9 Å². The number of hydrogen-bond acceptors (Lipinski definition) is 6.